The van der Waals surface area contributed by atoms with Crippen LogP contribution in [0.4, 0.5) is 13.2 Å². The van der Waals surface area contributed by atoms with Crippen LogP contribution in [0.15, 0.2) is 24.3 Å². The lowest BCUT2D eigenvalue weighted by Crippen LogP contribution is -2.45. The fourth-order valence-corrected chi connectivity index (χ4v) is 2.88. The molecule has 0 aromatic heterocycles. The summed E-state index contributed by atoms with van der Waals surface area (Å²) < 4.78 is 41.8. The third-order valence-electron chi connectivity index (χ3n) is 4.27. The standard InChI is InChI=1S/C18H23F3N2O3/c1-2-26-15-5-3-13(4-6-15)11-16(24)23-9-7-14(8-10-23)17(25)22-12-18(19,20)21/h3-6,14H,2,7-12H2,1H3,(H,22,25). The Bertz CT molecular complexity index is 609. The van der Waals surface area contributed by atoms with Crippen molar-refractivity contribution >= 4 is 11.8 Å². The highest BCUT2D eigenvalue weighted by Gasteiger charge is 2.31. The van der Waals surface area contributed by atoms with Crippen LogP contribution in [0.3, 0.4) is 0 Å². The average Bonchev–Trinajstić information content (AvgIpc) is 2.61. The van der Waals surface area contributed by atoms with Crippen LogP contribution in [0, 0.1) is 5.92 Å². The molecular weight excluding hydrogens is 349 g/mol. The van der Waals surface area contributed by atoms with Crippen LogP contribution in [-0.4, -0.2) is 49.1 Å². The molecule has 1 fully saturated rings. The summed E-state index contributed by atoms with van der Waals surface area (Å²) in [5, 5.41) is 1.91. The molecule has 26 heavy (non-hydrogen) atoms. The van der Waals surface area contributed by atoms with Crippen molar-refractivity contribution in [2.24, 2.45) is 5.92 Å². The third kappa shape index (κ3) is 6.24. The van der Waals surface area contributed by atoms with Crippen molar-refractivity contribution in [3.63, 3.8) is 0 Å². The highest BCUT2D eigenvalue weighted by Crippen LogP contribution is 2.20. The number of piperidine rings is 1. The van der Waals surface area contributed by atoms with Crippen LogP contribution >= 0.6 is 0 Å². The Kier molecular flexibility index (Phi) is 6.88. The van der Waals surface area contributed by atoms with Crippen molar-refractivity contribution in [1.82, 2.24) is 10.2 Å². The first-order valence-corrected chi connectivity index (χ1v) is 8.62. The molecular formula is C18H23F3N2O3. The van der Waals surface area contributed by atoms with E-state index in [0.717, 1.165) is 11.3 Å². The first-order valence-electron chi connectivity index (χ1n) is 8.62. The second-order valence-corrected chi connectivity index (χ2v) is 6.24. The number of nitrogens with zero attached hydrogens (tertiary/aromatic N) is 1. The summed E-state index contributed by atoms with van der Waals surface area (Å²) in [4.78, 5) is 25.8. The van der Waals surface area contributed by atoms with E-state index in [4.69, 9.17) is 4.74 Å². The Hall–Kier alpha value is -2.25. The van der Waals surface area contributed by atoms with Crippen LogP contribution in [0.5, 0.6) is 5.75 Å². The number of ether oxygens (including phenoxy) is 1. The molecule has 1 heterocycles. The van der Waals surface area contributed by atoms with Gasteiger partial charge in [-0.05, 0) is 37.5 Å². The summed E-state index contributed by atoms with van der Waals surface area (Å²) in [7, 11) is 0. The van der Waals surface area contributed by atoms with E-state index >= 15 is 0 Å². The molecule has 2 rings (SSSR count). The van der Waals surface area contributed by atoms with Crippen molar-refractivity contribution in [2.75, 3.05) is 26.2 Å². The first kappa shape index (κ1) is 20.1. The van der Waals surface area contributed by atoms with Crippen molar-refractivity contribution in [2.45, 2.75) is 32.4 Å². The quantitative estimate of drug-likeness (QED) is 0.835. The Morgan fingerprint density at radius 3 is 2.35 bits per heavy atom. The average molecular weight is 372 g/mol. The molecule has 5 nitrogen and oxygen atoms in total. The van der Waals surface area contributed by atoms with Gasteiger partial charge in [0.05, 0.1) is 13.0 Å². The Morgan fingerprint density at radius 2 is 1.81 bits per heavy atom. The zero-order valence-electron chi connectivity index (χ0n) is 14.6. The molecule has 0 atom stereocenters. The fraction of sp³-hybridized carbons (Fsp3) is 0.556. The lowest BCUT2D eigenvalue weighted by Gasteiger charge is -2.31. The fourth-order valence-electron chi connectivity index (χ4n) is 2.88. The van der Waals surface area contributed by atoms with Gasteiger partial charge in [0, 0.05) is 19.0 Å². The minimum atomic E-state index is -4.41. The molecule has 144 valence electrons. The van der Waals surface area contributed by atoms with Gasteiger partial charge in [-0.25, -0.2) is 0 Å². The van der Waals surface area contributed by atoms with E-state index < -0.39 is 24.5 Å². The Labute approximate surface area is 150 Å². The number of halogens is 3. The number of benzene rings is 1. The normalized spacial score (nSPS) is 15.6. The maximum atomic E-state index is 12.4. The zero-order valence-corrected chi connectivity index (χ0v) is 14.6. The minimum absolute atomic E-state index is 0.0525. The number of amides is 2. The number of likely N-dealkylation sites (tertiary alicyclic amines) is 1. The highest BCUT2D eigenvalue weighted by molar-refractivity contribution is 5.81. The Morgan fingerprint density at radius 1 is 1.19 bits per heavy atom. The van der Waals surface area contributed by atoms with Gasteiger partial charge in [0.25, 0.3) is 0 Å². The molecule has 1 saturated heterocycles. The molecule has 8 heteroatoms. The van der Waals surface area contributed by atoms with Gasteiger partial charge in [0.2, 0.25) is 11.8 Å². The van der Waals surface area contributed by atoms with Crippen LogP contribution in [0.2, 0.25) is 0 Å². The van der Waals surface area contributed by atoms with E-state index in [1.165, 1.54) is 0 Å². The topological polar surface area (TPSA) is 58.6 Å². The number of hydrogen-bond donors (Lipinski definition) is 1. The van der Waals surface area contributed by atoms with E-state index in [1.54, 1.807) is 4.90 Å². The molecule has 1 aliphatic heterocycles. The largest absolute Gasteiger partial charge is 0.494 e. The Balaban J connectivity index is 1.78. The molecule has 0 unspecified atom stereocenters. The minimum Gasteiger partial charge on any atom is -0.494 e. The third-order valence-corrected chi connectivity index (χ3v) is 4.27. The number of nitrogens with one attached hydrogen (secondary N) is 1. The van der Waals surface area contributed by atoms with Crippen molar-refractivity contribution < 1.29 is 27.5 Å². The molecule has 1 aromatic carbocycles. The van der Waals surface area contributed by atoms with Gasteiger partial charge in [-0.2, -0.15) is 13.2 Å². The van der Waals surface area contributed by atoms with Crippen molar-refractivity contribution in [3.05, 3.63) is 29.8 Å². The molecule has 0 saturated carbocycles. The smallest absolute Gasteiger partial charge is 0.405 e. The van der Waals surface area contributed by atoms with E-state index in [2.05, 4.69) is 0 Å². The summed E-state index contributed by atoms with van der Waals surface area (Å²) >= 11 is 0. The molecule has 0 aliphatic carbocycles. The summed E-state index contributed by atoms with van der Waals surface area (Å²) in [6.07, 6.45) is -3.42. The summed E-state index contributed by atoms with van der Waals surface area (Å²) in [6, 6.07) is 7.28. The van der Waals surface area contributed by atoms with Gasteiger partial charge in [0.15, 0.2) is 0 Å². The molecule has 0 radical (unpaired) electrons. The summed E-state index contributed by atoms with van der Waals surface area (Å²) in [5.74, 6) is -0.384. The molecule has 1 N–H and O–H groups in total. The number of rotatable bonds is 6. The van der Waals surface area contributed by atoms with Crippen molar-refractivity contribution in [3.8, 4) is 5.75 Å². The van der Waals surface area contributed by atoms with Gasteiger partial charge in [-0.3, -0.25) is 9.59 Å². The maximum absolute atomic E-state index is 12.4. The van der Waals surface area contributed by atoms with Gasteiger partial charge < -0.3 is 15.0 Å². The molecule has 1 aliphatic rings. The molecule has 1 aromatic rings. The highest BCUT2D eigenvalue weighted by atomic mass is 19.4. The van der Waals surface area contributed by atoms with E-state index in [0.29, 0.717) is 32.5 Å². The number of carbonyl (C=O) groups is 2. The number of alkyl halides is 3. The van der Waals surface area contributed by atoms with E-state index in [1.807, 2.05) is 36.5 Å². The lowest BCUT2D eigenvalue weighted by atomic mass is 9.95. The van der Waals surface area contributed by atoms with Gasteiger partial charge >= 0.3 is 6.18 Å². The predicted molar refractivity (Wildman–Crippen MR) is 89.7 cm³/mol. The van der Waals surface area contributed by atoms with Crippen LogP contribution in [0.1, 0.15) is 25.3 Å². The summed E-state index contributed by atoms with van der Waals surface area (Å²) in [6.45, 7) is 1.90. The van der Waals surface area contributed by atoms with Gasteiger partial charge in [0.1, 0.15) is 12.3 Å². The monoisotopic (exact) mass is 372 g/mol. The van der Waals surface area contributed by atoms with Gasteiger partial charge in [-0.1, -0.05) is 12.1 Å². The molecule has 2 amide bonds. The number of carbonyl (C=O) groups excluding carboxylic acids is 2. The lowest BCUT2D eigenvalue weighted by molar-refractivity contribution is -0.142. The predicted octanol–water partition coefficient (Wildman–Crippen LogP) is 2.54. The summed E-state index contributed by atoms with van der Waals surface area (Å²) in [5.41, 5.74) is 0.864. The SMILES string of the molecule is CCOc1ccc(CC(=O)N2CCC(C(=O)NCC(F)(F)F)CC2)cc1. The van der Waals surface area contributed by atoms with Crippen LogP contribution in [0.25, 0.3) is 0 Å². The van der Waals surface area contributed by atoms with Crippen LogP contribution < -0.4 is 10.1 Å². The molecule has 0 spiro atoms. The number of hydrogen-bond acceptors (Lipinski definition) is 3. The van der Waals surface area contributed by atoms with Crippen LogP contribution in [-0.2, 0) is 16.0 Å². The first-order chi connectivity index (χ1) is 12.3. The van der Waals surface area contributed by atoms with Gasteiger partial charge in [-0.15, -0.1) is 0 Å². The second kappa shape index (κ2) is 8.91. The zero-order chi connectivity index (χ0) is 19.2. The van der Waals surface area contributed by atoms with E-state index in [-0.39, 0.29) is 12.3 Å². The van der Waals surface area contributed by atoms with Crippen molar-refractivity contribution in [1.29, 1.82) is 0 Å². The second-order valence-electron chi connectivity index (χ2n) is 6.24. The maximum Gasteiger partial charge on any atom is 0.405 e. The van der Waals surface area contributed by atoms with E-state index in [9.17, 15) is 22.8 Å². The molecule has 0 bridgehead atoms.